The van der Waals surface area contributed by atoms with Crippen LogP contribution < -0.4 is 0 Å². The lowest BCUT2D eigenvalue weighted by Gasteiger charge is -2.37. The number of alkyl halides is 1. The van der Waals surface area contributed by atoms with Crippen molar-refractivity contribution >= 4 is 15.9 Å². The van der Waals surface area contributed by atoms with E-state index in [9.17, 15) is 0 Å². The Kier molecular flexibility index (Phi) is 9.34. The minimum absolute atomic E-state index is 0.739. The van der Waals surface area contributed by atoms with Crippen molar-refractivity contribution in [3.63, 3.8) is 0 Å². The van der Waals surface area contributed by atoms with Crippen LogP contribution in [0.15, 0.2) is 0 Å². The van der Waals surface area contributed by atoms with Crippen molar-refractivity contribution in [1.29, 1.82) is 0 Å². The van der Waals surface area contributed by atoms with Crippen LogP contribution in [-0.2, 0) is 0 Å². The van der Waals surface area contributed by atoms with Gasteiger partial charge in [-0.25, -0.2) is 0 Å². The second-order valence-electron chi connectivity index (χ2n) is 5.79. The van der Waals surface area contributed by atoms with Gasteiger partial charge in [0.25, 0.3) is 0 Å². The first-order valence-corrected chi connectivity index (χ1v) is 8.84. The van der Waals surface area contributed by atoms with Crippen molar-refractivity contribution in [3.05, 3.63) is 0 Å². The molecule has 0 aromatic carbocycles. The molecular weight excluding hydrogens is 288 g/mol. The Morgan fingerprint density at radius 2 is 1.56 bits per heavy atom. The van der Waals surface area contributed by atoms with E-state index in [1.54, 1.807) is 0 Å². The first kappa shape index (κ1) is 16.5. The van der Waals surface area contributed by atoms with Crippen LogP contribution in [0.4, 0.5) is 0 Å². The van der Waals surface area contributed by atoms with Gasteiger partial charge in [-0.2, -0.15) is 0 Å². The highest BCUT2D eigenvalue weighted by molar-refractivity contribution is 9.09. The van der Waals surface area contributed by atoms with Gasteiger partial charge < -0.3 is 9.80 Å². The largest absolute Gasteiger partial charge is 0.301 e. The van der Waals surface area contributed by atoms with Gasteiger partial charge in [0.1, 0.15) is 0 Å². The Balaban J connectivity index is 1.89. The minimum atomic E-state index is 0.739. The zero-order valence-electron chi connectivity index (χ0n) is 12.3. The molecule has 0 spiro atoms. The molecule has 3 heteroatoms. The predicted molar refractivity (Wildman–Crippen MR) is 84.6 cm³/mol. The highest BCUT2D eigenvalue weighted by Gasteiger charge is 2.19. The Morgan fingerprint density at radius 1 is 0.944 bits per heavy atom. The summed E-state index contributed by atoms with van der Waals surface area (Å²) in [7, 11) is 2.24. The van der Waals surface area contributed by atoms with Crippen molar-refractivity contribution in [2.24, 2.45) is 0 Å². The normalized spacial score (nSPS) is 22.5. The SMILES string of the molecule is CC1CN(CCCCCCCCCBr)CCN1C. The molecule has 0 amide bonds. The topological polar surface area (TPSA) is 6.48 Å². The van der Waals surface area contributed by atoms with Crippen LogP contribution in [0, 0.1) is 0 Å². The van der Waals surface area contributed by atoms with E-state index < -0.39 is 0 Å². The predicted octanol–water partition coefficient (Wildman–Crippen LogP) is 3.75. The summed E-state index contributed by atoms with van der Waals surface area (Å²) < 4.78 is 0. The van der Waals surface area contributed by atoms with E-state index in [1.165, 1.54) is 76.5 Å². The van der Waals surface area contributed by atoms with Crippen molar-refractivity contribution in [2.45, 2.75) is 57.9 Å². The molecule has 0 N–H and O–H groups in total. The van der Waals surface area contributed by atoms with Crippen LogP contribution in [0.1, 0.15) is 51.9 Å². The van der Waals surface area contributed by atoms with Crippen LogP contribution in [0.5, 0.6) is 0 Å². The van der Waals surface area contributed by atoms with E-state index in [4.69, 9.17) is 0 Å². The maximum absolute atomic E-state index is 3.49. The molecule has 0 aromatic rings. The van der Waals surface area contributed by atoms with E-state index in [0.29, 0.717) is 0 Å². The summed E-state index contributed by atoms with van der Waals surface area (Å²) in [6, 6.07) is 0.739. The molecule has 0 aliphatic carbocycles. The number of likely N-dealkylation sites (N-methyl/N-ethyl adjacent to an activating group) is 1. The molecule has 1 heterocycles. The van der Waals surface area contributed by atoms with Gasteiger partial charge in [0.05, 0.1) is 0 Å². The molecule has 0 aromatic heterocycles. The monoisotopic (exact) mass is 318 g/mol. The number of halogens is 1. The maximum Gasteiger partial charge on any atom is 0.0192 e. The molecule has 2 nitrogen and oxygen atoms in total. The van der Waals surface area contributed by atoms with Gasteiger partial charge in [-0.05, 0) is 33.4 Å². The third-order valence-corrected chi connectivity index (χ3v) is 4.71. The molecule has 1 aliphatic rings. The van der Waals surface area contributed by atoms with Gasteiger partial charge in [-0.1, -0.05) is 48.0 Å². The van der Waals surface area contributed by atoms with E-state index in [2.05, 4.69) is 39.7 Å². The lowest BCUT2D eigenvalue weighted by molar-refractivity contribution is 0.104. The number of hydrogen-bond acceptors (Lipinski definition) is 2. The minimum Gasteiger partial charge on any atom is -0.301 e. The van der Waals surface area contributed by atoms with Gasteiger partial charge in [0.15, 0.2) is 0 Å². The second-order valence-corrected chi connectivity index (χ2v) is 6.59. The fourth-order valence-electron chi connectivity index (χ4n) is 2.64. The third kappa shape index (κ3) is 7.10. The lowest BCUT2D eigenvalue weighted by Crippen LogP contribution is -2.50. The number of unbranched alkanes of at least 4 members (excludes halogenated alkanes) is 6. The van der Waals surface area contributed by atoms with Crippen LogP contribution in [0.25, 0.3) is 0 Å². The van der Waals surface area contributed by atoms with Crippen LogP contribution in [-0.4, -0.2) is 54.4 Å². The Labute approximate surface area is 122 Å². The number of piperazine rings is 1. The quantitative estimate of drug-likeness (QED) is 0.472. The number of nitrogens with zero attached hydrogens (tertiary/aromatic N) is 2. The molecule has 108 valence electrons. The molecule has 1 fully saturated rings. The molecule has 1 aliphatic heterocycles. The lowest BCUT2D eigenvalue weighted by atomic mass is 10.1. The van der Waals surface area contributed by atoms with Crippen LogP contribution in [0.3, 0.4) is 0 Å². The smallest absolute Gasteiger partial charge is 0.0192 e. The van der Waals surface area contributed by atoms with Crippen LogP contribution >= 0.6 is 15.9 Å². The molecule has 1 saturated heterocycles. The van der Waals surface area contributed by atoms with Gasteiger partial charge in [-0.15, -0.1) is 0 Å². The average Bonchev–Trinajstić information content (AvgIpc) is 2.37. The highest BCUT2D eigenvalue weighted by atomic mass is 79.9. The summed E-state index contributed by atoms with van der Waals surface area (Å²) in [5.41, 5.74) is 0. The first-order valence-electron chi connectivity index (χ1n) is 7.72. The zero-order valence-corrected chi connectivity index (χ0v) is 13.9. The van der Waals surface area contributed by atoms with Crippen molar-refractivity contribution in [1.82, 2.24) is 9.80 Å². The zero-order chi connectivity index (χ0) is 13.2. The van der Waals surface area contributed by atoms with E-state index in [0.717, 1.165) is 6.04 Å². The second kappa shape index (κ2) is 10.2. The molecule has 1 rings (SSSR count). The molecule has 0 radical (unpaired) electrons. The van der Waals surface area contributed by atoms with Crippen molar-refractivity contribution in [2.75, 3.05) is 38.6 Å². The molecule has 0 saturated carbocycles. The Hall–Kier alpha value is 0.400. The average molecular weight is 319 g/mol. The molecule has 18 heavy (non-hydrogen) atoms. The van der Waals surface area contributed by atoms with E-state index >= 15 is 0 Å². The van der Waals surface area contributed by atoms with Gasteiger partial charge in [-0.3, -0.25) is 0 Å². The summed E-state index contributed by atoms with van der Waals surface area (Å²) in [5, 5.41) is 1.18. The molecule has 0 bridgehead atoms. The van der Waals surface area contributed by atoms with E-state index in [-0.39, 0.29) is 0 Å². The summed E-state index contributed by atoms with van der Waals surface area (Å²) in [6.07, 6.45) is 9.87. The third-order valence-electron chi connectivity index (χ3n) is 4.15. The first-order chi connectivity index (χ1) is 8.74. The summed E-state index contributed by atoms with van der Waals surface area (Å²) in [5.74, 6) is 0. The highest BCUT2D eigenvalue weighted by Crippen LogP contribution is 2.11. The maximum atomic E-state index is 3.49. The Bertz CT molecular complexity index is 199. The fourth-order valence-corrected chi connectivity index (χ4v) is 3.04. The van der Waals surface area contributed by atoms with Gasteiger partial charge >= 0.3 is 0 Å². The van der Waals surface area contributed by atoms with Gasteiger partial charge in [0, 0.05) is 31.0 Å². The fraction of sp³-hybridized carbons (Fsp3) is 1.00. The van der Waals surface area contributed by atoms with Crippen LogP contribution in [0.2, 0.25) is 0 Å². The molecular formula is C15H31BrN2. The molecule has 1 atom stereocenters. The number of rotatable bonds is 9. The molecule has 1 unspecified atom stereocenters. The summed E-state index contributed by atoms with van der Waals surface area (Å²) in [6.45, 7) is 7.44. The van der Waals surface area contributed by atoms with Crippen molar-refractivity contribution in [3.8, 4) is 0 Å². The summed E-state index contributed by atoms with van der Waals surface area (Å²) >= 11 is 3.49. The van der Waals surface area contributed by atoms with Gasteiger partial charge in [0.2, 0.25) is 0 Å². The van der Waals surface area contributed by atoms with E-state index in [1.807, 2.05) is 0 Å². The van der Waals surface area contributed by atoms with Crippen molar-refractivity contribution < 1.29 is 0 Å². The number of hydrogen-bond donors (Lipinski definition) is 0. The summed E-state index contributed by atoms with van der Waals surface area (Å²) in [4.78, 5) is 5.12. The Morgan fingerprint density at radius 3 is 2.17 bits per heavy atom. The standard InChI is InChI=1S/C15H31BrN2/c1-15-14-18(13-12-17(15)2)11-9-7-5-3-4-6-8-10-16/h15H,3-14H2,1-2H3.